The van der Waals surface area contributed by atoms with E-state index in [1.54, 1.807) is 30.3 Å². The molecule has 6 N–H and O–H groups in total. The zero-order chi connectivity index (χ0) is 51.0. The molecule has 10 rings (SSSR count). The summed E-state index contributed by atoms with van der Waals surface area (Å²) in [6.07, 6.45) is 14.4. The molecule has 1 spiro atoms. The highest BCUT2D eigenvalue weighted by Gasteiger charge is 2.50. The van der Waals surface area contributed by atoms with Crippen LogP contribution in [0.5, 0.6) is 5.75 Å². The third kappa shape index (κ3) is 10.5. The molecular weight excluding hydrogens is 948 g/mol. The number of aromatic nitrogens is 4. The molecule has 2 saturated carbocycles. The molecule has 0 bridgehead atoms. The van der Waals surface area contributed by atoms with Crippen molar-refractivity contribution in [2.45, 2.75) is 102 Å². The number of hydrogen-bond donors (Lipinski definition) is 6. The third-order valence-corrected chi connectivity index (χ3v) is 17.1. The van der Waals surface area contributed by atoms with Crippen molar-refractivity contribution in [3.05, 3.63) is 77.1 Å². The molecule has 5 fully saturated rings. The highest BCUT2D eigenvalue weighted by molar-refractivity contribution is 6.31. The van der Waals surface area contributed by atoms with Gasteiger partial charge in [-0.2, -0.15) is 0 Å². The molecule has 73 heavy (non-hydrogen) atoms. The summed E-state index contributed by atoms with van der Waals surface area (Å²) in [7, 11) is 0. The van der Waals surface area contributed by atoms with Crippen LogP contribution in [0.1, 0.15) is 76.3 Å². The van der Waals surface area contributed by atoms with Gasteiger partial charge in [0, 0.05) is 107 Å². The number of terminal acetylenes is 1. The van der Waals surface area contributed by atoms with Crippen molar-refractivity contribution < 1.29 is 29.7 Å². The summed E-state index contributed by atoms with van der Waals surface area (Å²) in [5, 5.41) is 49.8. The minimum Gasteiger partial charge on any atom is -0.507 e. The number of aromatic hydroxyl groups is 1. The number of anilines is 4. The number of likely N-dealkylation sites (tertiary alicyclic amines) is 1. The number of nitrogens with zero attached hydrogens (tertiary/aromatic N) is 9. The Morgan fingerprint density at radius 1 is 0.945 bits per heavy atom. The molecule has 18 nitrogen and oxygen atoms in total. The predicted octanol–water partition coefficient (Wildman–Crippen LogP) is 4.03. The van der Waals surface area contributed by atoms with Gasteiger partial charge in [0.25, 0.3) is 0 Å². The average molecular weight is 1020 g/mol. The van der Waals surface area contributed by atoms with Crippen molar-refractivity contribution in [2.75, 3.05) is 85.5 Å². The van der Waals surface area contributed by atoms with E-state index >= 15 is 0 Å². The van der Waals surface area contributed by atoms with Gasteiger partial charge in [0.05, 0.1) is 41.6 Å². The summed E-state index contributed by atoms with van der Waals surface area (Å²) >= 11 is 6.40. The second kappa shape index (κ2) is 20.9. The second-order valence-corrected chi connectivity index (χ2v) is 22.1. The minimum atomic E-state index is -1.01. The van der Waals surface area contributed by atoms with Crippen molar-refractivity contribution in [3.8, 4) is 29.4 Å². The number of β-amino-alcohol motifs (C(OH)–C–C–N with tert-alkyl or cyclic N) is 1. The predicted molar refractivity (Wildman–Crippen MR) is 279 cm³/mol. The van der Waals surface area contributed by atoms with Crippen LogP contribution < -0.4 is 30.7 Å². The Bertz CT molecular complexity index is 2710. The topological polar surface area (TPSA) is 216 Å². The first kappa shape index (κ1) is 50.3. The fraction of sp³-hybridized carbons (Fsp3) is 0.537. The average Bonchev–Trinajstić information content (AvgIpc) is 3.80. The lowest BCUT2D eigenvalue weighted by atomic mass is 9.56. The van der Waals surface area contributed by atoms with E-state index in [2.05, 4.69) is 51.7 Å². The van der Waals surface area contributed by atoms with Crippen LogP contribution in [-0.4, -0.2) is 159 Å². The highest BCUT2D eigenvalue weighted by atomic mass is 35.5. The van der Waals surface area contributed by atoms with E-state index in [9.17, 15) is 29.7 Å². The largest absolute Gasteiger partial charge is 0.507 e. The van der Waals surface area contributed by atoms with Gasteiger partial charge >= 0.3 is 0 Å². The Hall–Kier alpha value is -6.26. The number of amides is 3. The van der Waals surface area contributed by atoms with E-state index in [1.165, 1.54) is 4.90 Å². The monoisotopic (exact) mass is 1010 g/mol. The second-order valence-electron chi connectivity index (χ2n) is 21.7. The maximum absolute atomic E-state index is 14.4. The molecule has 2 aromatic heterocycles. The Morgan fingerprint density at radius 3 is 2.40 bits per heavy atom. The first-order chi connectivity index (χ1) is 35.2. The molecule has 2 aliphatic carbocycles. The van der Waals surface area contributed by atoms with Crippen LogP contribution >= 0.6 is 11.6 Å². The highest BCUT2D eigenvalue weighted by Crippen LogP contribution is 2.54. The Labute approximate surface area is 431 Å². The number of benzene rings is 2. The number of piperazine rings is 2. The number of aliphatic hydroxyl groups is 2. The Balaban J connectivity index is 0.680. The molecule has 6 aliphatic rings. The number of halogens is 1. The summed E-state index contributed by atoms with van der Waals surface area (Å²) in [5.74, 6) is 2.89. The summed E-state index contributed by atoms with van der Waals surface area (Å²) in [6.45, 7) is 10.3. The van der Waals surface area contributed by atoms with E-state index in [4.69, 9.17) is 28.0 Å². The smallest absolute Gasteiger partial charge is 0.246 e. The van der Waals surface area contributed by atoms with Crippen LogP contribution in [0, 0.1) is 29.1 Å². The number of fused-ring (bicyclic) bond motifs is 3. The zero-order valence-corrected chi connectivity index (χ0v) is 42.5. The first-order valence-electron chi connectivity index (χ1n) is 25.9. The van der Waals surface area contributed by atoms with Crippen molar-refractivity contribution in [3.63, 3.8) is 0 Å². The molecule has 4 aliphatic heterocycles. The summed E-state index contributed by atoms with van der Waals surface area (Å²) < 4.78 is 0. The molecule has 2 aromatic carbocycles. The molecule has 3 amide bonds. The first-order valence-corrected chi connectivity index (χ1v) is 26.2. The van der Waals surface area contributed by atoms with Crippen molar-refractivity contribution in [1.82, 2.24) is 40.6 Å². The van der Waals surface area contributed by atoms with Gasteiger partial charge in [-0.3, -0.25) is 19.3 Å². The molecule has 4 aromatic rings. The van der Waals surface area contributed by atoms with E-state index in [-0.39, 0.29) is 61.6 Å². The van der Waals surface area contributed by atoms with Gasteiger partial charge in [-0.05, 0) is 91.7 Å². The number of carbonyl (C=O) groups excluding carboxylic acids is 3. The van der Waals surface area contributed by atoms with E-state index < -0.39 is 35.4 Å². The molecule has 19 heteroatoms. The van der Waals surface area contributed by atoms with E-state index in [1.807, 2.05) is 44.4 Å². The molecule has 0 unspecified atom stereocenters. The Morgan fingerprint density at radius 2 is 1.68 bits per heavy atom. The van der Waals surface area contributed by atoms with Crippen LogP contribution in [0.2, 0.25) is 5.02 Å². The van der Waals surface area contributed by atoms with E-state index in [0.29, 0.717) is 33.4 Å². The molecular formula is C54H67ClN12O6. The van der Waals surface area contributed by atoms with Gasteiger partial charge in [0.1, 0.15) is 17.8 Å². The van der Waals surface area contributed by atoms with Gasteiger partial charge in [-0.25, -0.2) is 9.97 Å². The van der Waals surface area contributed by atoms with E-state index in [0.717, 1.165) is 114 Å². The maximum Gasteiger partial charge on any atom is 0.246 e. The number of nitrogens with one attached hydrogen (secondary N) is 3. The lowest BCUT2D eigenvalue weighted by Crippen LogP contribution is -2.60. The number of aliphatic hydroxyl groups excluding tert-OH is 2. The van der Waals surface area contributed by atoms with Crippen molar-refractivity contribution >= 4 is 52.5 Å². The Kier molecular flexibility index (Phi) is 14.4. The summed E-state index contributed by atoms with van der Waals surface area (Å²) in [6, 6.07) is 13.1. The maximum atomic E-state index is 14.4. The standard InChI is InChI=1S/C54H67ClN12O6/c1-4-34-9-10-36(42(55)23-34)28-57-50(72)45-24-40(69)33-67(45)51(73)47(53(2,3)15-22-68)60-49(71)35-11-13-54(14-12-35)26-37(27-54)63-16-18-64(19-17-63)38-29-58-52(59-30-38)65-20-21-66-39(32-65)31-56-48-44(66)25-43(61-62-48)41-7-5-6-8-46(41)70/h1,5-10,23,25,29-30,35,37,39-40,45,47,68-70H,11-22,24,26-28,31-33H2,2-3H3,(H,56,62)(H,57,72)(H,60,71)/t35-,37-,39-,40+,45-,47+,54?/m0/s1. The van der Waals surface area contributed by atoms with Crippen LogP contribution in [0.25, 0.3) is 11.3 Å². The van der Waals surface area contributed by atoms with Gasteiger partial charge in [0.15, 0.2) is 5.82 Å². The lowest BCUT2D eigenvalue weighted by Gasteiger charge is -2.56. The van der Waals surface area contributed by atoms with Gasteiger partial charge in [-0.1, -0.05) is 49.6 Å². The van der Waals surface area contributed by atoms with Gasteiger partial charge in [0.2, 0.25) is 23.7 Å². The van der Waals surface area contributed by atoms with Gasteiger partial charge in [-0.15, -0.1) is 16.6 Å². The third-order valence-electron chi connectivity index (χ3n) is 16.7. The SMILES string of the molecule is C#Cc1ccc(CNC(=O)[C@@H]2C[C@@H](O)CN2C(=O)[C@@H](NC(=O)[C@H]2CCC3(CC2)C[C@H](N2CCN(c4cnc(N5CCN6c7cc(-c8ccccc8O)nnc7NC[C@H]6C5)nc4)CC2)C3)C(C)(C)CCO)c(Cl)c1. The minimum absolute atomic E-state index is 0.0444. The number of phenolic OH excluding ortho intramolecular Hbond substituents is 1. The van der Waals surface area contributed by atoms with Crippen molar-refractivity contribution in [2.24, 2.45) is 16.7 Å². The summed E-state index contributed by atoms with van der Waals surface area (Å²) in [4.78, 5) is 62.8. The number of rotatable bonds is 13. The quantitative estimate of drug-likeness (QED) is 0.104. The van der Waals surface area contributed by atoms with Crippen LogP contribution in [0.4, 0.5) is 23.1 Å². The molecule has 4 atom stereocenters. The fourth-order valence-electron chi connectivity index (χ4n) is 12.2. The summed E-state index contributed by atoms with van der Waals surface area (Å²) in [5.41, 5.74) is 3.98. The molecule has 386 valence electrons. The van der Waals surface area contributed by atoms with Gasteiger partial charge < -0.3 is 50.9 Å². The van der Waals surface area contributed by atoms with Crippen LogP contribution in [0.15, 0.2) is 60.9 Å². The normalized spacial score (nSPS) is 25.5. The van der Waals surface area contributed by atoms with Crippen LogP contribution in [-0.2, 0) is 20.9 Å². The number of phenols is 1. The molecule has 0 radical (unpaired) electrons. The lowest BCUT2D eigenvalue weighted by molar-refractivity contribution is -0.145. The fourth-order valence-corrected chi connectivity index (χ4v) is 12.5. The number of para-hydroxylation sites is 1. The zero-order valence-electron chi connectivity index (χ0n) is 41.7. The van der Waals surface area contributed by atoms with Crippen LogP contribution in [0.3, 0.4) is 0 Å². The number of hydrogen-bond acceptors (Lipinski definition) is 15. The number of carbonyl (C=O) groups is 3. The molecule has 3 saturated heterocycles. The van der Waals surface area contributed by atoms with Crippen molar-refractivity contribution in [1.29, 1.82) is 0 Å². The molecule has 6 heterocycles.